The van der Waals surface area contributed by atoms with E-state index < -0.39 is 0 Å². The van der Waals surface area contributed by atoms with E-state index in [1.807, 2.05) is 23.7 Å². The van der Waals surface area contributed by atoms with Crippen molar-refractivity contribution in [2.45, 2.75) is 13.5 Å². The zero-order valence-electron chi connectivity index (χ0n) is 15.1. The smallest absolute Gasteiger partial charge is 0.194 e. The second-order valence-corrected chi connectivity index (χ2v) is 5.98. The fourth-order valence-corrected chi connectivity index (χ4v) is 2.85. The van der Waals surface area contributed by atoms with Gasteiger partial charge in [-0.15, -0.1) is 34.2 Å². The van der Waals surface area contributed by atoms with E-state index in [9.17, 15) is 4.39 Å². The quantitative estimate of drug-likeness (QED) is 0.418. The minimum Gasteiger partial charge on any atom is -0.368 e. The van der Waals surface area contributed by atoms with Gasteiger partial charge in [0.05, 0.1) is 0 Å². The number of benzene rings is 1. The second kappa shape index (κ2) is 9.70. The lowest BCUT2D eigenvalue weighted by atomic mass is 10.2. The van der Waals surface area contributed by atoms with Crippen LogP contribution in [-0.4, -0.2) is 58.3 Å². The number of guanidine groups is 1. The molecule has 0 spiro atoms. The molecule has 142 valence electrons. The number of nitrogens with zero attached hydrogens (tertiary/aromatic N) is 6. The van der Waals surface area contributed by atoms with Gasteiger partial charge in [-0.25, -0.2) is 9.38 Å². The van der Waals surface area contributed by atoms with Crippen LogP contribution in [0.3, 0.4) is 0 Å². The van der Waals surface area contributed by atoms with Gasteiger partial charge in [-0.1, -0.05) is 0 Å². The number of nitrogens with one attached hydrogen (secondary N) is 1. The van der Waals surface area contributed by atoms with Gasteiger partial charge in [0.15, 0.2) is 11.8 Å². The molecule has 1 aliphatic heterocycles. The summed E-state index contributed by atoms with van der Waals surface area (Å²) >= 11 is 0. The standard InChI is InChI=1S/C17H24FN7.HI/c1-3-19-17(20-12-16-22-21-13-23(16)2)25-10-8-24(9-11-25)15-6-4-14(18)5-7-15;/h4-7,13H,3,8-12H2,1-2H3,(H,19,20);1H. The van der Waals surface area contributed by atoms with Crippen molar-refractivity contribution >= 4 is 35.6 Å². The summed E-state index contributed by atoms with van der Waals surface area (Å²) < 4.78 is 14.9. The molecule has 9 heteroatoms. The summed E-state index contributed by atoms with van der Waals surface area (Å²) in [5, 5.41) is 11.3. The average Bonchev–Trinajstić information content (AvgIpc) is 3.04. The Balaban J connectivity index is 0.00000243. The number of aromatic nitrogens is 3. The zero-order chi connectivity index (χ0) is 17.6. The SMILES string of the molecule is CCNC(=NCc1nncn1C)N1CCN(c2ccc(F)cc2)CC1.I. The van der Waals surface area contributed by atoms with E-state index in [4.69, 9.17) is 0 Å². The fourth-order valence-electron chi connectivity index (χ4n) is 2.85. The van der Waals surface area contributed by atoms with Gasteiger partial charge in [-0.05, 0) is 31.2 Å². The fraction of sp³-hybridized carbons (Fsp3) is 0.471. The number of hydrogen-bond acceptors (Lipinski definition) is 4. The molecule has 0 unspecified atom stereocenters. The predicted octanol–water partition coefficient (Wildman–Crippen LogP) is 1.86. The first-order valence-corrected chi connectivity index (χ1v) is 8.54. The van der Waals surface area contributed by atoms with Crippen LogP contribution in [0, 0.1) is 5.82 Å². The van der Waals surface area contributed by atoms with Gasteiger partial charge < -0.3 is 19.7 Å². The molecule has 1 saturated heterocycles. The van der Waals surface area contributed by atoms with Crippen LogP contribution >= 0.6 is 24.0 Å². The third-order valence-corrected chi connectivity index (χ3v) is 4.28. The van der Waals surface area contributed by atoms with Crippen LogP contribution in [0.2, 0.25) is 0 Å². The molecule has 7 nitrogen and oxygen atoms in total. The summed E-state index contributed by atoms with van der Waals surface area (Å²) in [4.78, 5) is 9.21. The molecule has 0 bridgehead atoms. The van der Waals surface area contributed by atoms with Crippen molar-refractivity contribution in [1.82, 2.24) is 25.0 Å². The first-order valence-electron chi connectivity index (χ1n) is 8.54. The molecular weight excluding hydrogens is 448 g/mol. The number of anilines is 1. The van der Waals surface area contributed by atoms with Crippen LogP contribution in [0.5, 0.6) is 0 Å². The van der Waals surface area contributed by atoms with Gasteiger partial charge in [0.1, 0.15) is 18.7 Å². The van der Waals surface area contributed by atoms with E-state index >= 15 is 0 Å². The van der Waals surface area contributed by atoms with Crippen molar-refractivity contribution in [3.63, 3.8) is 0 Å². The first-order chi connectivity index (χ1) is 12.2. The highest BCUT2D eigenvalue weighted by molar-refractivity contribution is 14.0. The number of aliphatic imine (C=N–C) groups is 1. The first kappa shape index (κ1) is 20.4. The van der Waals surface area contributed by atoms with Crippen molar-refractivity contribution in [2.24, 2.45) is 12.0 Å². The van der Waals surface area contributed by atoms with Gasteiger partial charge in [0.25, 0.3) is 0 Å². The van der Waals surface area contributed by atoms with Gasteiger partial charge >= 0.3 is 0 Å². The van der Waals surface area contributed by atoms with Crippen LogP contribution in [0.1, 0.15) is 12.7 Å². The Kier molecular flexibility index (Phi) is 7.61. The van der Waals surface area contributed by atoms with Crippen molar-refractivity contribution < 1.29 is 4.39 Å². The van der Waals surface area contributed by atoms with Crippen LogP contribution in [-0.2, 0) is 13.6 Å². The summed E-state index contributed by atoms with van der Waals surface area (Å²) in [6.45, 7) is 6.85. The van der Waals surface area contributed by atoms with Crippen molar-refractivity contribution in [3.05, 3.63) is 42.2 Å². The molecule has 2 heterocycles. The maximum Gasteiger partial charge on any atom is 0.194 e. The highest BCUT2D eigenvalue weighted by Gasteiger charge is 2.20. The molecule has 0 aliphatic carbocycles. The Labute approximate surface area is 170 Å². The molecule has 2 aromatic rings. The Morgan fingerprint density at radius 1 is 1.19 bits per heavy atom. The molecule has 0 saturated carbocycles. The summed E-state index contributed by atoms with van der Waals surface area (Å²) in [5.41, 5.74) is 1.06. The molecule has 1 aromatic heterocycles. The minimum absolute atomic E-state index is 0. The van der Waals surface area contributed by atoms with E-state index in [1.54, 1.807) is 6.33 Å². The van der Waals surface area contributed by atoms with Gasteiger partial charge in [0.2, 0.25) is 0 Å². The lowest BCUT2D eigenvalue weighted by Gasteiger charge is -2.37. The Morgan fingerprint density at radius 3 is 2.46 bits per heavy atom. The zero-order valence-corrected chi connectivity index (χ0v) is 17.4. The Bertz CT molecular complexity index is 708. The van der Waals surface area contributed by atoms with E-state index in [2.05, 4.69) is 37.2 Å². The number of aryl methyl sites for hydroxylation is 1. The van der Waals surface area contributed by atoms with E-state index in [0.29, 0.717) is 6.54 Å². The highest BCUT2D eigenvalue weighted by Crippen LogP contribution is 2.17. The van der Waals surface area contributed by atoms with E-state index in [-0.39, 0.29) is 29.8 Å². The van der Waals surface area contributed by atoms with Crippen LogP contribution in [0.4, 0.5) is 10.1 Å². The van der Waals surface area contributed by atoms with Crippen LogP contribution in [0.15, 0.2) is 35.6 Å². The maximum atomic E-state index is 13.1. The monoisotopic (exact) mass is 473 g/mol. The number of rotatable bonds is 4. The molecule has 1 fully saturated rings. The summed E-state index contributed by atoms with van der Waals surface area (Å²) in [6, 6.07) is 6.68. The predicted molar refractivity (Wildman–Crippen MR) is 111 cm³/mol. The number of hydrogen-bond donors (Lipinski definition) is 1. The average molecular weight is 473 g/mol. The topological polar surface area (TPSA) is 61.6 Å². The normalized spacial score (nSPS) is 15.0. The minimum atomic E-state index is -0.201. The number of halogens is 2. The van der Waals surface area contributed by atoms with E-state index in [0.717, 1.165) is 50.2 Å². The molecule has 1 aromatic carbocycles. The second-order valence-electron chi connectivity index (χ2n) is 5.98. The number of piperazine rings is 1. The Hall–Kier alpha value is -1.91. The van der Waals surface area contributed by atoms with E-state index in [1.165, 1.54) is 12.1 Å². The maximum absolute atomic E-state index is 13.1. The molecule has 0 atom stereocenters. The molecule has 0 radical (unpaired) electrons. The largest absolute Gasteiger partial charge is 0.368 e. The summed E-state index contributed by atoms with van der Waals surface area (Å²) in [6.07, 6.45) is 1.68. The molecular formula is C17H25FIN7. The molecule has 26 heavy (non-hydrogen) atoms. The van der Waals surface area contributed by atoms with Crippen molar-refractivity contribution in [2.75, 3.05) is 37.6 Å². The molecule has 1 N–H and O–H groups in total. The lowest BCUT2D eigenvalue weighted by molar-refractivity contribution is 0.372. The lowest BCUT2D eigenvalue weighted by Crippen LogP contribution is -2.52. The molecule has 1 aliphatic rings. The highest BCUT2D eigenvalue weighted by atomic mass is 127. The van der Waals surface area contributed by atoms with Gasteiger partial charge in [-0.2, -0.15) is 0 Å². The van der Waals surface area contributed by atoms with Crippen molar-refractivity contribution in [1.29, 1.82) is 0 Å². The molecule has 3 rings (SSSR count). The van der Waals surface area contributed by atoms with Gasteiger partial charge in [0, 0.05) is 45.5 Å². The third-order valence-electron chi connectivity index (χ3n) is 4.28. The van der Waals surface area contributed by atoms with Gasteiger partial charge in [-0.3, -0.25) is 0 Å². The summed E-state index contributed by atoms with van der Waals surface area (Å²) in [7, 11) is 1.92. The van der Waals surface area contributed by atoms with Crippen LogP contribution in [0.25, 0.3) is 0 Å². The third kappa shape index (κ3) is 5.05. The Morgan fingerprint density at radius 2 is 1.88 bits per heavy atom. The summed E-state index contributed by atoms with van der Waals surface area (Å²) in [5.74, 6) is 1.53. The van der Waals surface area contributed by atoms with Crippen molar-refractivity contribution in [3.8, 4) is 0 Å². The van der Waals surface area contributed by atoms with Crippen LogP contribution < -0.4 is 10.2 Å². The molecule has 0 amide bonds.